The van der Waals surface area contributed by atoms with Crippen LogP contribution in [0.3, 0.4) is 0 Å². The van der Waals surface area contributed by atoms with E-state index in [-0.39, 0.29) is 11.6 Å². The minimum atomic E-state index is -0.720. The van der Waals surface area contributed by atoms with Gasteiger partial charge in [0.2, 0.25) is 0 Å². The minimum absolute atomic E-state index is 0.0762. The van der Waals surface area contributed by atoms with Gasteiger partial charge in [0.15, 0.2) is 6.10 Å². The zero-order chi connectivity index (χ0) is 16.8. The first-order valence-electron chi connectivity index (χ1n) is 7.31. The highest BCUT2D eigenvalue weighted by Gasteiger charge is 2.17. The van der Waals surface area contributed by atoms with Gasteiger partial charge in [0, 0.05) is 17.8 Å². The van der Waals surface area contributed by atoms with Crippen molar-refractivity contribution in [1.29, 1.82) is 0 Å². The van der Waals surface area contributed by atoms with Crippen molar-refractivity contribution in [3.8, 4) is 5.75 Å². The molecule has 2 aromatic carbocycles. The Morgan fingerprint density at radius 2 is 2.00 bits per heavy atom. The first-order chi connectivity index (χ1) is 11.0. The van der Waals surface area contributed by atoms with E-state index in [9.17, 15) is 14.9 Å². The van der Waals surface area contributed by atoms with Gasteiger partial charge >= 0.3 is 0 Å². The predicted molar refractivity (Wildman–Crippen MR) is 87.6 cm³/mol. The molecule has 6 heteroatoms. The van der Waals surface area contributed by atoms with E-state index in [4.69, 9.17) is 4.74 Å². The third-order valence-electron chi connectivity index (χ3n) is 3.35. The van der Waals surface area contributed by atoms with Gasteiger partial charge in [-0.3, -0.25) is 14.9 Å². The Hall–Kier alpha value is -2.89. The molecule has 0 radical (unpaired) electrons. The number of carbonyl (C=O) groups is 1. The third kappa shape index (κ3) is 4.29. The zero-order valence-corrected chi connectivity index (χ0v) is 13.0. The Morgan fingerprint density at radius 1 is 1.26 bits per heavy atom. The second-order valence-electron chi connectivity index (χ2n) is 5.02. The van der Waals surface area contributed by atoms with Gasteiger partial charge < -0.3 is 10.1 Å². The van der Waals surface area contributed by atoms with Crippen LogP contribution >= 0.6 is 0 Å². The van der Waals surface area contributed by atoms with Gasteiger partial charge in [-0.2, -0.15) is 0 Å². The number of carbonyl (C=O) groups excluding carboxylic acids is 1. The molecule has 6 nitrogen and oxygen atoms in total. The fourth-order valence-electron chi connectivity index (χ4n) is 2.10. The summed E-state index contributed by atoms with van der Waals surface area (Å²) in [6, 6.07) is 13.3. The van der Waals surface area contributed by atoms with Crippen LogP contribution in [-0.2, 0) is 11.2 Å². The molecule has 2 rings (SSSR count). The number of rotatable bonds is 6. The highest BCUT2D eigenvalue weighted by molar-refractivity contribution is 5.94. The van der Waals surface area contributed by atoms with Crippen LogP contribution in [0, 0.1) is 10.1 Å². The molecule has 0 aliphatic carbocycles. The average Bonchev–Trinajstić information content (AvgIpc) is 2.55. The molecule has 0 aliphatic heterocycles. The Labute approximate surface area is 134 Å². The Kier molecular flexibility index (Phi) is 5.30. The Bertz CT molecular complexity index is 715. The van der Waals surface area contributed by atoms with Crippen LogP contribution in [0.25, 0.3) is 0 Å². The van der Waals surface area contributed by atoms with Crippen LogP contribution < -0.4 is 10.1 Å². The number of nitro groups is 1. The summed E-state index contributed by atoms with van der Waals surface area (Å²) in [5.74, 6) is 0.299. The molecular weight excluding hydrogens is 296 g/mol. The number of amides is 1. The highest BCUT2D eigenvalue weighted by Crippen LogP contribution is 2.21. The van der Waals surface area contributed by atoms with Crippen molar-refractivity contribution in [3.63, 3.8) is 0 Å². The number of ether oxygens (including phenoxy) is 1. The fraction of sp³-hybridized carbons (Fsp3) is 0.235. The zero-order valence-electron chi connectivity index (χ0n) is 13.0. The lowest BCUT2D eigenvalue weighted by molar-refractivity contribution is -0.384. The molecule has 0 fully saturated rings. The number of aryl methyl sites for hydroxylation is 1. The highest BCUT2D eigenvalue weighted by atomic mass is 16.6. The number of benzene rings is 2. The van der Waals surface area contributed by atoms with E-state index in [1.165, 1.54) is 18.2 Å². The summed E-state index contributed by atoms with van der Waals surface area (Å²) in [4.78, 5) is 22.4. The second-order valence-corrected chi connectivity index (χ2v) is 5.02. The number of hydrogen-bond acceptors (Lipinski definition) is 4. The number of nitrogens with zero attached hydrogens (tertiary/aromatic N) is 1. The van der Waals surface area contributed by atoms with Crippen molar-refractivity contribution in [2.45, 2.75) is 26.4 Å². The lowest BCUT2D eigenvalue weighted by Crippen LogP contribution is -2.30. The molecule has 2 aromatic rings. The van der Waals surface area contributed by atoms with Gasteiger partial charge in [-0.25, -0.2) is 0 Å². The predicted octanol–water partition coefficient (Wildman–Crippen LogP) is 3.56. The minimum Gasteiger partial charge on any atom is -0.481 e. The lowest BCUT2D eigenvalue weighted by atomic mass is 10.1. The van der Waals surface area contributed by atoms with Crippen molar-refractivity contribution in [1.82, 2.24) is 0 Å². The maximum absolute atomic E-state index is 12.2. The molecule has 23 heavy (non-hydrogen) atoms. The van der Waals surface area contributed by atoms with E-state index >= 15 is 0 Å². The number of non-ortho nitro benzene ring substituents is 1. The largest absolute Gasteiger partial charge is 0.481 e. The molecule has 0 aliphatic rings. The van der Waals surface area contributed by atoms with E-state index in [0.29, 0.717) is 11.4 Å². The van der Waals surface area contributed by atoms with Crippen molar-refractivity contribution in [3.05, 3.63) is 64.2 Å². The van der Waals surface area contributed by atoms with Gasteiger partial charge in [-0.05, 0) is 31.0 Å². The second kappa shape index (κ2) is 7.40. The molecule has 0 bridgehead atoms. The molecule has 1 atom stereocenters. The fourth-order valence-corrected chi connectivity index (χ4v) is 2.10. The number of anilines is 1. The van der Waals surface area contributed by atoms with E-state index in [1.807, 2.05) is 31.2 Å². The number of nitrogens with one attached hydrogen (secondary N) is 1. The summed E-state index contributed by atoms with van der Waals surface area (Å²) in [7, 11) is 0. The van der Waals surface area contributed by atoms with Crippen molar-refractivity contribution >= 4 is 17.3 Å². The topological polar surface area (TPSA) is 81.5 Å². The molecule has 1 N–H and O–H groups in total. The summed E-state index contributed by atoms with van der Waals surface area (Å²) in [6.07, 6.45) is 0.0806. The van der Waals surface area contributed by atoms with E-state index in [2.05, 4.69) is 5.32 Å². The third-order valence-corrected chi connectivity index (χ3v) is 3.35. The molecule has 0 saturated carbocycles. The van der Waals surface area contributed by atoms with Gasteiger partial charge in [-0.15, -0.1) is 0 Å². The van der Waals surface area contributed by atoms with Crippen LogP contribution in [0.15, 0.2) is 48.5 Å². The Morgan fingerprint density at radius 3 is 2.70 bits per heavy atom. The first-order valence-corrected chi connectivity index (χ1v) is 7.31. The maximum Gasteiger partial charge on any atom is 0.271 e. The summed E-state index contributed by atoms with van der Waals surface area (Å²) in [5, 5.41) is 13.4. The van der Waals surface area contributed by atoms with E-state index in [0.717, 1.165) is 12.0 Å². The Balaban J connectivity index is 2.05. The number of nitro benzene ring substituents is 1. The molecule has 0 heterocycles. The van der Waals surface area contributed by atoms with Crippen molar-refractivity contribution in [2.75, 3.05) is 5.32 Å². The monoisotopic (exact) mass is 314 g/mol. The van der Waals surface area contributed by atoms with Gasteiger partial charge in [0.25, 0.3) is 11.6 Å². The number of para-hydroxylation sites is 1. The normalized spacial score (nSPS) is 11.6. The summed E-state index contributed by atoms with van der Waals surface area (Å²) in [5.41, 5.74) is 1.30. The molecule has 120 valence electrons. The lowest BCUT2D eigenvalue weighted by Gasteiger charge is -2.16. The summed E-state index contributed by atoms with van der Waals surface area (Å²) < 4.78 is 5.70. The smallest absolute Gasteiger partial charge is 0.271 e. The maximum atomic E-state index is 12.2. The van der Waals surface area contributed by atoms with Crippen LogP contribution in [-0.4, -0.2) is 16.9 Å². The standard InChI is InChI=1S/C17H18N2O4/c1-3-13-7-4-5-10-16(13)23-12(2)17(20)18-14-8-6-9-15(11-14)19(21)22/h4-12H,3H2,1-2H3,(H,18,20)/t12-/m1/s1. The molecule has 0 spiro atoms. The average molecular weight is 314 g/mol. The first kappa shape index (κ1) is 16.5. The molecule has 0 aromatic heterocycles. The summed E-state index contributed by atoms with van der Waals surface area (Å²) in [6.45, 7) is 3.65. The SMILES string of the molecule is CCc1ccccc1O[C@H](C)C(=O)Nc1cccc([N+](=O)[O-])c1. The summed E-state index contributed by atoms with van der Waals surface area (Å²) >= 11 is 0. The van der Waals surface area contributed by atoms with Crippen molar-refractivity contribution < 1.29 is 14.5 Å². The molecular formula is C17H18N2O4. The van der Waals surface area contributed by atoms with E-state index < -0.39 is 11.0 Å². The van der Waals surface area contributed by atoms with Gasteiger partial charge in [-0.1, -0.05) is 31.2 Å². The van der Waals surface area contributed by atoms with Crippen molar-refractivity contribution in [2.24, 2.45) is 0 Å². The van der Waals surface area contributed by atoms with Crippen LogP contribution in [0.2, 0.25) is 0 Å². The van der Waals surface area contributed by atoms with Crippen LogP contribution in [0.5, 0.6) is 5.75 Å². The quantitative estimate of drug-likeness (QED) is 0.653. The van der Waals surface area contributed by atoms with Crippen LogP contribution in [0.1, 0.15) is 19.4 Å². The number of hydrogen-bond donors (Lipinski definition) is 1. The molecule has 0 saturated heterocycles. The van der Waals surface area contributed by atoms with Gasteiger partial charge in [0.1, 0.15) is 5.75 Å². The molecule has 0 unspecified atom stereocenters. The van der Waals surface area contributed by atoms with Gasteiger partial charge in [0.05, 0.1) is 4.92 Å². The van der Waals surface area contributed by atoms with E-state index in [1.54, 1.807) is 13.0 Å². The van der Waals surface area contributed by atoms with Crippen LogP contribution in [0.4, 0.5) is 11.4 Å². The molecule has 1 amide bonds.